The lowest BCUT2D eigenvalue weighted by Crippen LogP contribution is -2.26. The van der Waals surface area contributed by atoms with Gasteiger partial charge in [-0.2, -0.15) is 0 Å². The molecule has 0 amide bonds. The number of hydrogen-bond donors (Lipinski definition) is 0. The first-order valence-electron chi connectivity index (χ1n) is 5.68. The fraction of sp³-hybridized carbons (Fsp3) is 0.846. The largest absolute Gasteiger partial charge is 0.504 e. The van der Waals surface area contributed by atoms with Gasteiger partial charge in [-0.15, -0.1) is 0 Å². The summed E-state index contributed by atoms with van der Waals surface area (Å²) >= 11 is 0. The van der Waals surface area contributed by atoms with E-state index in [1.165, 1.54) is 24.8 Å². The van der Waals surface area contributed by atoms with E-state index < -0.39 is 0 Å². The maximum Gasteiger partial charge on any atom is 0.0819 e. The van der Waals surface area contributed by atoms with Gasteiger partial charge in [-0.05, 0) is 42.1 Å². The second-order valence-electron chi connectivity index (χ2n) is 5.66. The first-order valence-corrected chi connectivity index (χ1v) is 5.68. The van der Waals surface area contributed by atoms with Gasteiger partial charge >= 0.3 is 0 Å². The van der Waals surface area contributed by atoms with E-state index in [-0.39, 0.29) is 0 Å². The van der Waals surface area contributed by atoms with Gasteiger partial charge in [0.05, 0.1) is 13.4 Å². The lowest BCUT2D eigenvalue weighted by molar-refractivity contribution is 0.207. The van der Waals surface area contributed by atoms with Crippen molar-refractivity contribution < 1.29 is 4.74 Å². The fourth-order valence-electron chi connectivity index (χ4n) is 2.55. The van der Waals surface area contributed by atoms with Crippen LogP contribution >= 0.6 is 0 Å². The molecule has 0 radical (unpaired) electrons. The predicted molar refractivity (Wildman–Crippen MR) is 61.1 cm³/mol. The molecule has 1 heteroatoms. The number of allylic oxidation sites excluding steroid dienone is 1. The fourth-order valence-corrected chi connectivity index (χ4v) is 2.55. The summed E-state index contributed by atoms with van der Waals surface area (Å²) in [6.45, 7) is 9.33. The minimum absolute atomic E-state index is 0.468. The average Bonchev–Trinajstić information content (AvgIpc) is 2.02. The Morgan fingerprint density at radius 3 is 2.57 bits per heavy atom. The van der Waals surface area contributed by atoms with Crippen molar-refractivity contribution in [3.63, 3.8) is 0 Å². The third-order valence-corrected chi connectivity index (χ3v) is 3.37. The molecular formula is C13H24O. The summed E-state index contributed by atoms with van der Waals surface area (Å²) in [6, 6.07) is 0. The van der Waals surface area contributed by atoms with E-state index in [4.69, 9.17) is 4.74 Å². The Balaban J connectivity index is 2.76. The van der Waals surface area contributed by atoms with Gasteiger partial charge in [-0.3, -0.25) is 0 Å². The molecule has 0 aromatic heterocycles. The van der Waals surface area contributed by atoms with E-state index in [0.717, 1.165) is 11.8 Å². The highest BCUT2D eigenvalue weighted by molar-refractivity contribution is 5.11. The Morgan fingerprint density at radius 1 is 1.43 bits per heavy atom. The van der Waals surface area contributed by atoms with E-state index in [1.807, 2.05) is 6.26 Å². The minimum Gasteiger partial charge on any atom is -0.504 e. The topological polar surface area (TPSA) is 9.23 Å². The second kappa shape index (κ2) is 4.37. The number of hydrogen-bond acceptors (Lipinski definition) is 1. The summed E-state index contributed by atoms with van der Waals surface area (Å²) in [5.41, 5.74) is 1.98. The van der Waals surface area contributed by atoms with Gasteiger partial charge in [0.15, 0.2) is 0 Å². The van der Waals surface area contributed by atoms with Crippen LogP contribution in [0.2, 0.25) is 0 Å². The van der Waals surface area contributed by atoms with Gasteiger partial charge in [-0.25, -0.2) is 0 Å². The smallest absolute Gasteiger partial charge is 0.0819 e. The zero-order valence-corrected chi connectivity index (χ0v) is 10.3. The van der Waals surface area contributed by atoms with E-state index in [9.17, 15) is 0 Å². The highest BCUT2D eigenvalue weighted by Gasteiger charge is 2.32. The normalized spacial score (nSPS) is 29.6. The molecule has 0 aliphatic heterocycles. The van der Waals surface area contributed by atoms with Crippen molar-refractivity contribution in [2.45, 2.75) is 47.0 Å². The molecule has 0 saturated heterocycles. The van der Waals surface area contributed by atoms with Crippen LogP contribution in [0.3, 0.4) is 0 Å². The molecule has 1 unspecified atom stereocenters. The SMILES string of the molecule is CO/C=C1/CC(C)(C)CCC1C(C)C. The Bertz CT molecular complexity index is 213. The molecule has 1 saturated carbocycles. The van der Waals surface area contributed by atoms with Gasteiger partial charge in [0.1, 0.15) is 0 Å². The summed E-state index contributed by atoms with van der Waals surface area (Å²) in [6.07, 6.45) is 5.84. The summed E-state index contributed by atoms with van der Waals surface area (Å²) < 4.78 is 5.19. The third-order valence-electron chi connectivity index (χ3n) is 3.37. The first kappa shape index (κ1) is 11.6. The molecule has 1 aliphatic rings. The predicted octanol–water partition coefficient (Wildman–Crippen LogP) is 4.00. The monoisotopic (exact) mass is 196 g/mol. The van der Waals surface area contributed by atoms with Crippen molar-refractivity contribution in [3.8, 4) is 0 Å². The van der Waals surface area contributed by atoms with Gasteiger partial charge in [0.2, 0.25) is 0 Å². The summed E-state index contributed by atoms with van der Waals surface area (Å²) in [5, 5.41) is 0. The van der Waals surface area contributed by atoms with Crippen LogP contribution in [0.25, 0.3) is 0 Å². The molecule has 0 aromatic carbocycles. The van der Waals surface area contributed by atoms with Gasteiger partial charge in [-0.1, -0.05) is 27.7 Å². The Hall–Kier alpha value is -0.460. The van der Waals surface area contributed by atoms with Crippen LogP contribution in [0.15, 0.2) is 11.8 Å². The van der Waals surface area contributed by atoms with Crippen molar-refractivity contribution in [3.05, 3.63) is 11.8 Å². The Labute approximate surface area is 88.5 Å². The molecule has 0 N–H and O–H groups in total. The lowest BCUT2D eigenvalue weighted by Gasteiger charge is -2.38. The summed E-state index contributed by atoms with van der Waals surface area (Å²) in [4.78, 5) is 0. The summed E-state index contributed by atoms with van der Waals surface area (Å²) in [5.74, 6) is 1.48. The summed E-state index contributed by atoms with van der Waals surface area (Å²) in [7, 11) is 1.76. The van der Waals surface area contributed by atoms with Crippen molar-refractivity contribution in [2.24, 2.45) is 17.3 Å². The molecule has 82 valence electrons. The van der Waals surface area contributed by atoms with Crippen molar-refractivity contribution in [1.82, 2.24) is 0 Å². The first-order chi connectivity index (χ1) is 6.46. The molecule has 0 heterocycles. The van der Waals surface area contributed by atoms with Crippen molar-refractivity contribution in [2.75, 3.05) is 7.11 Å². The van der Waals surface area contributed by atoms with Crippen LogP contribution in [0.4, 0.5) is 0 Å². The van der Waals surface area contributed by atoms with Gasteiger partial charge in [0.25, 0.3) is 0 Å². The number of rotatable bonds is 2. The maximum absolute atomic E-state index is 5.19. The quantitative estimate of drug-likeness (QED) is 0.607. The van der Waals surface area contributed by atoms with Gasteiger partial charge in [0, 0.05) is 0 Å². The molecule has 0 bridgehead atoms. The highest BCUT2D eigenvalue weighted by atomic mass is 16.5. The molecular weight excluding hydrogens is 172 g/mol. The molecule has 0 aromatic rings. The van der Waals surface area contributed by atoms with E-state index >= 15 is 0 Å². The standard InChI is InChI=1S/C13H24O/c1-10(2)12-6-7-13(3,4)8-11(12)9-14-5/h9-10,12H,6-8H2,1-5H3/b11-9-. The van der Waals surface area contributed by atoms with Crippen LogP contribution in [0, 0.1) is 17.3 Å². The lowest BCUT2D eigenvalue weighted by atomic mass is 9.67. The molecule has 1 atom stereocenters. The van der Waals surface area contributed by atoms with E-state index in [1.54, 1.807) is 7.11 Å². The molecule has 1 rings (SSSR count). The second-order valence-corrected chi connectivity index (χ2v) is 5.66. The van der Waals surface area contributed by atoms with Crippen LogP contribution < -0.4 is 0 Å². The molecule has 1 aliphatic carbocycles. The zero-order valence-electron chi connectivity index (χ0n) is 10.3. The van der Waals surface area contributed by atoms with Crippen molar-refractivity contribution >= 4 is 0 Å². The van der Waals surface area contributed by atoms with Crippen LogP contribution in [-0.2, 0) is 4.74 Å². The molecule has 1 fully saturated rings. The molecule has 0 spiro atoms. The number of ether oxygens (including phenoxy) is 1. The molecule has 1 nitrogen and oxygen atoms in total. The molecule has 14 heavy (non-hydrogen) atoms. The highest BCUT2D eigenvalue weighted by Crippen LogP contribution is 2.44. The minimum atomic E-state index is 0.468. The Morgan fingerprint density at radius 2 is 2.07 bits per heavy atom. The van der Waals surface area contributed by atoms with Crippen LogP contribution in [0.5, 0.6) is 0 Å². The van der Waals surface area contributed by atoms with E-state index in [0.29, 0.717) is 5.41 Å². The maximum atomic E-state index is 5.19. The zero-order chi connectivity index (χ0) is 10.8. The average molecular weight is 196 g/mol. The third kappa shape index (κ3) is 2.76. The Kier molecular flexibility index (Phi) is 3.63. The van der Waals surface area contributed by atoms with Crippen molar-refractivity contribution in [1.29, 1.82) is 0 Å². The number of methoxy groups -OCH3 is 1. The van der Waals surface area contributed by atoms with Crippen LogP contribution in [-0.4, -0.2) is 7.11 Å². The van der Waals surface area contributed by atoms with Gasteiger partial charge < -0.3 is 4.74 Å². The van der Waals surface area contributed by atoms with Crippen LogP contribution in [0.1, 0.15) is 47.0 Å². The van der Waals surface area contributed by atoms with E-state index in [2.05, 4.69) is 27.7 Å².